The van der Waals surface area contributed by atoms with Crippen molar-refractivity contribution in [3.8, 4) is 0 Å². The first-order chi connectivity index (χ1) is 10.1. The van der Waals surface area contributed by atoms with Gasteiger partial charge in [-0.3, -0.25) is 9.20 Å². The molecule has 1 amide bonds. The van der Waals surface area contributed by atoms with Crippen molar-refractivity contribution in [2.45, 2.75) is 45.1 Å². The molecule has 112 valence electrons. The summed E-state index contributed by atoms with van der Waals surface area (Å²) in [4.78, 5) is 16.8. The van der Waals surface area contributed by atoms with Gasteiger partial charge in [0.05, 0.1) is 23.4 Å². The van der Waals surface area contributed by atoms with Gasteiger partial charge in [-0.2, -0.15) is 0 Å². The molecule has 0 spiro atoms. The monoisotopic (exact) mass is 287 g/mol. The number of nitrogens with one attached hydrogen (secondary N) is 1. The van der Waals surface area contributed by atoms with Crippen molar-refractivity contribution < 1.29 is 9.90 Å². The van der Waals surface area contributed by atoms with E-state index in [2.05, 4.69) is 14.7 Å². The van der Waals surface area contributed by atoms with Gasteiger partial charge in [0.2, 0.25) is 0 Å². The number of imidazole rings is 1. The van der Waals surface area contributed by atoms with E-state index in [0.29, 0.717) is 17.9 Å². The molecule has 0 unspecified atom stereocenters. The van der Waals surface area contributed by atoms with Gasteiger partial charge in [-0.1, -0.05) is 6.92 Å². The summed E-state index contributed by atoms with van der Waals surface area (Å²) >= 11 is 0. The lowest BCUT2D eigenvalue weighted by Crippen LogP contribution is -2.32. The number of carbonyl (C=O) groups excluding carboxylic acids is 1. The molecule has 1 aliphatic carbocycles. The molecule has 5 nitrogen and oxygen atoms in total. The minimum atomic E-state index is -0.492. The molecule has 2 aromatic heterocycles. The maximum absolute atomic E-state index is 12.3. The maximum Gasteiger partial charge on any atom is 0.253 e. The number of rotatable bonds is 5. The van der Waals surface area contributed by atoms with Crippen LogP contribution in [0, 0.1) is 6.92 Å². The maximum atomic E-state index is 12.3. The molecular weight excluding hydrogens is 266 g/mol. The Bertz CT molecular complexity index is 673. The number of hydrogen-bond donors (Lipinski definition) is 2. The highest BCUT2D eigenvalue weighted by Crippen LogP contribution is 2.39. The Kier molecular flexibility index (Phi) is 3.68. The minimum absolute atomic E-state index is 0.141. The fourth-order valence-corrected chi connectivity index (χ4v) is 2.59. The summed E-state index contributed by atoms with van der Waals surface area (Å²) < 4.78 is 2.09. The zero-order chi connectivity index (χ0) is 15.0. The molecule has 2 heterocycles. The van der Waals surface area contributed by atoms with E-state index >= 15 is 0 Å². The van der Waals surface area contributed by atoms with E-state index < -0.39 is 6.10 Å². The number of aryl methyl sites for hydroxylation is 1. The minimum Gasteiger partial charge on any atom is -0.391 e. The smallest absolute Gasteiger partial charge is 0.253 e. The average Bonchev–Trinajstić information content (AvgIpc) is 3.24. The molecule has 5 heteroatoms. The fourth-order valence-electron chi connectivity index (χ4n) is 2.59. The van der Waals surface area contributed by atoms with Crippen LogP contribution in [0.1, 0.15) is 54.0 Å². The van der Waals surface area contributed by atoms with E-state index in [-0.39, 0.29) is 12.5 Å². The Morgan fingerprint density at radius 1 is 1.52 bits per heavy atom. The van der Waals surface area contributed by atoms with E-state index in [4.69, 9.17) is 0 Å². The van der Waals surface area contributed by atoms with Crippen molar-refractivity contribution in [3.05, 3.63) is 35.4 Å². The molecule has 1 saturated carbocycles. The highest BCUT2D eigenvalue weighted by atomic mass is 16.3. The zero-order valence-electron chi connectivity index (χ0n) is 12.5. The van der Waals surface area contributed by atoms with Crippen LogP contribution in [-0.2, 0) is 0 Å². The molecule has 0 aromatic carbocycles. The number of carbonyl (C=O) groups is 1. The number of aromatic nitrogens is 2. The lowest BCUT2D eigenvalue weighted by Gasteiger charge is -2.13. The molecule has 0 bridgehead atoms. The quantitative estimate of drug-likeness (QED) is 0.884. The van der Waals surface area contributed by atoms with Crippen LogP contribution in [0.25, 0.3) is 5.52 Å². The number of amides is 1. The Labute approximate surface area is 124 Å². The fraction of sp³-hybridized carbons (Fsp3) is 0.500. The van der Waals surface area contributed by atoms with Gasteiger partial charge in [0.1, 0.15) is 5.82 Å². The number of nitrogens with zero attached hydrogens (tertiary/aromatic N) is 2. The van der Waals surface area contributed by atoms with E-state index in [1.54, 1.807) is 0 Å². The van der Waals surface area contributed by atoms with Crippen molar-refractivity contribution in [3.63, 3.8) is 0 Å². The summed E-state index contributed by atoms with van der Waals surface area (Å²) in [6.07, 6.45) is 4.36. The molecule has 1 aliphatic rings. The molecule has 2 aromatic rings. The molecule has 1 atom stereocenters. The van der Waals surface area contributed by atoms with Crippen LogP contribution >= 0.6 is 0 Å². The van der Waals surface area contributed by atoms with E-state index in [9.17, 15) is 9.90 Å². The predicted octanol–water partition coefficient (Wildman–Crippen LogP) is 2.02. The standard InChI is InChI=1S/C16H21N3O2/c1-3-13(20)9-18-16(21)14-7-6-12-8-17-15(11-4-5-11)19(12)10(14)2/h6-8,11,13,20H,3-5,9H2,1-2H3,(H,18,21)/t13-/m0/s1. The second-order valence-corrected chi connectivity index (χ2v) is 5.76. The number of fused-ring (bicyclic) bond motifs is 1. The van der Waals surface area contributed by atoms with Gasteiger partial charge in [-0.15, -0.1) is 0 Å². The van der Waals surface area contributed by atoms with Crippen LogP contribution in [0.3, 0.4) is 0 Å². The van der Waals surface area contributed by atoms with Gasteiger partial charge in [-0.05, 0) is 38.3 Å². The van der Waals surface area contributed by atoms with Gasteiger partial charge < -0.3 is 10.4 Å². The van der Waals surface area contributed by atoms with Crippen LogP contribution in [0.5, 0.6) is 0 Å². The van der Waals surface area contributed by atoms with Crippen molar-refractivity contribution >= 4 is 11.4 Å². The van der Waals surface area contributed by atoms with Crippen LogP contribution in [0.15, 0.2) is 18.3 Å². The van der Waals surface area contributed by atoms with Gasteiger partial charge in [0.25, 0.3) is 5.91 Å². The molecule has 2 N–H and O–H groups in total. The highest BCUT2D eigenvalue weighted by molar-refractivity contribution is 5.95. The van der Waals surface area contributed by atoms with Gasteiger partial charge in [0, 0.05) is 18.2 Å². The molecule has 3 rings (SSSR count). The van der Waals surface area contributed by atoms with Crippen molar-refractivity contribution in [2.75, 3.05) is 6.54 Å². The third-order valence-corrected chi connectivity index (χ3v) is 4.12. The summed E-state index contributed by atoms with van der Waals surface area (Å²) in [5.74, 6) is 1.45. The zero-order valence-corrected chi connectivity index (χ0v) is 12.5. The first-order valence-electron chi connectivity index (χ1n) is 7.55. The first kappa shape index (κ1) is 14.1. The molecule has 21 heavy (non-hydrogen) atoms. The second-order valence-electron chi connectivity index (χ2n) is 5.76. The van der Waals surface area contributed by atoms with Crippen LogP contribution in [0.4, 0.5) is 0 Å². The van der Waals surface area contributed by atoms with E-state index in [0.717, 1.165) is 17.0 Å². The first-order valence-corrected chi connectivity index (χ1v) is 7.55. The van der Waals surface area contributed by atoms with E-state index in [1.807, 2.05) is 32.2 Å². The average molecular weight is 287 g/mol. The SMILES string of the molecule is CC[C@H](O)CNC(=O)c1ccc2cnc(C3CC3)n2c1C. The summed E-state index contributed by atoms with van der Waals surface area (Å²) in [6, 6.07) is 3.76. The predicted molar refractivity (Wildman–Crippen MR) is 80.5 cm³/mol. The summed E-state index contributed by atoms with van der Waals surface area (Å²) in [6.45, 7) is 4.12. The molecule has 0 saturated heterocycles. The Hall–Kier alpha value is -1.88. The topological polar surface area (TPSA) is 66.6 Å². The molecule has 0 aliphatic heterocycles. The highest BCUT2D eigenvalue weighted by Gasteiger charge is 2.28. The second kappa shape index (κ2) is 5.48. The molecule has 1 fully saturated rings. The molecule has 0 radical (unpaired) electrons. The van der Waals surface area contributed by atoms with Crippen molar-refractivity contribution in [1.82, 2.24) is 14.7 Å². The van der Waals surface area contributed by atoms with Gasteiger partial charge in [-0.25, -0.2) is 4.98 Å². The lowest BCUT2D eigenvalue weighted by molar-refractivity contribution is 0.0912. The Morgan fingerprint density at radius 3 is 2.95 bits per heavy atom. The Balaban J connectivity index is 1.90. The Morgan fingerprint density at radius 2 is 2.29 bits per heavy atom. The number of aliphatic hydroxyl groups excluding tert-OH is 1. The van der Waals surface area contributed by atoms with Crippen LogP contribution in [-0.4, -0.2) is 33.0 Å². The largest absolute Gasteiger partial charge is 0.391 e. The van der Waals surface area contributed by atoms with Gasteiger partial charge in [0.15, 0.2) is 0 Å². The normalized spacial score (nSPS) is 16.1. The molecular formula is C16H21N3O2. The third-order valence-electron chi connectivity index (χ3n) is 4.12. The van der Waals surface area contributed by atoms with E-state index in [1.165, 1.54) is 12.8 Å². The summed E-state index contributed by atoms with van der Waals surface area (Å²) in [7, 11) is 0. The summed E-state index contributed by atoms with van der Waals surface area (Å²) in [5, 5.41) is 12.3. The van der Waals surface area contributed by atoms with Crippen LogP contribution < -0.4 is 5.32 Å². The number of aliphatic hydroxyl groups is 1. The summed E-state index contributed by atoms with van der Waals surface area (Å²) in [5.41, 5.74) is 2.58. The lowest BCUT2D eigenvalue weighted by atomic mass is 10.1. The number of hydrogen-bond acceptors (Lipinski definition) is 3. The van der Waals surface area contributed by atoms with Gasteiger partial charge >= 0.3 is 0 Å². The van der Waals surface area contributed by atoms with Crippen LogP contribution in [0.2, 0.25) is 0 Å². The van der Waals surface area contributed by atoms with Crippen molar-refractivity contribution in [1.29, 1.82) is 0 Å². The third kappa shape index (κ3) is 2.65. The number of pyridine rings is 1. The van der Waals surface area contributed by atoms with Crippen molar-refractivity contribution in [2.24, 2.45) is 0 Å².